The van der Waals surface area contributed by atoms with E-state index in [4.69, 9.17) is 5.11 Å². The first-order valence-electron chi connectivity index (χ1n) is 5.19. The highest BCUT2D eigenvalue weighted by Gasteiger charge is 2.24. The molecule has 1 aliphatic rings. The summed E-state index contributed by atoms with van der Waals surface area (Å²) in [6.07, 6.45) is 4.19. The number of β-amino-alcohol motifs (C(OH)–C–C–N with tert-alkyl or cyclic N) is 1. The van der Waals surface area contributed by atoms with Gasteiger partial charge in [-0.2, -0.15) is 0 Å². The van der Waals surface area contributed by atoms with Gasteiger partial charge in [0.05, 0.1) is 6.61 Å². The fourth-order valence-corrected chi connectivity index (χ4v) is 1.91. The molecule has 1 heterocycles. The SMILES string of the molecule is CCC1CCCCN(CCO)C1=O. The Balaban J connectivity index is 2.56. The Morgan fingerprint density at radius 2 is 2.31 bits per heavy atom. The first-order chi connectivity index (χ1) is 6.29. The van der Waals surface area contributed by atoms with Gasteiger partial charge in [0.25, 0.3) is 0 Å². The third-order valence-electron chi connectivity index (χ3n) is 2.75. The highest BCUT2D eigenvalue weighted by atomic mass is 16.3. The summed E-state index contributed by atoms with van der Waals surface area (Å²) < 4.78 is 0. The molecule has 0 saturated carbocycles. The lowest BCUT2D eigenvalue weighted by Crippen LogP contribution is -2.36. The van der Waals surface area contributed by atoms with E-state index in [1.54, 1.807) is 4.90 Å². The lowest BCUT2D eigenvalue weighted by Gasteiger charge is -2.22. The molecule has 0 aromatic rings. The molecule has 1 fully saturated rings. The molecule has 0 bridgehead atoms. The number of hydrogen-bond donors (Lipinski definition) is 1. The molecule has 1 saturated heterocycles. The smallest absolute Gasteiger partial charge is 0.225 e. The Morgan fingerprint density at radius 1 is 1.54 bits per heavy atom. The van der Waals surface area contributed by atoms with Gasteiger partial charge in [0.1, 0.15) is 0 Å². The zero-order chi connectivity index (χ0) is 9.68. The van der Waals surface area contributed by atoms with Gasteiger partial charge in [0.15, 0.2) is 0 Å². The standard InChI is InChI=1S/C10H19NO2/c1-2-9-5-3-4-6-11(7-8-12)10(9)13/h9,12H,2-8H2,1H3. The molecule has 3 heteroatoms. The maximum atomic E-state index is 11.8. The van der Waals surface area contributed by atoms with Gasteiger partial charge in [-0.05, 0) is 19.3 Å². The molecule has 0 aromatic heterocycles. The molecule has 0 aromatic carbocycles. The fourth-order valence-electron chi connectivity index (χ4n) is 1.91. The predicted molar refractivity (Wildman–Crippen MR) is 51.3 cm³/mol. The van der Waals surface area contributed by atoms with Crippen molar-refractivity contribution in [2.45, 2.75) is 32.6 Å². The molecule has 1 amide bonds. The Morgan fingerprint density at radius 3 is 2.92 bits per heavy atom. The molecule has 1 atom stereocenters. The van der Waals surface area contributed by atoms with Gasteiger partial charge in [-0.25, -0.2) is 0 Å². The zero-order valence-corrected chi connectivity index (χ0v) is 8.33. The van der Waals surface area contributed by atoms with Crippen LogP contribution in [0.15, 0.2) is 0 Å². The third-order valence-corrected chi connectivity index (χ3v) is 2.75. The Kier molecular flexibility index (Phi) is 4.22. The summed E-state index contributed by atoms with van der Waals surface area (Å²) >= 11 is 0. The molecule has 0 aliphatic carbocycles. The summed E-state index contributed by atoms with van der Waals surface area (Å²) in [6, 6.07) is 0. The molecular weight excluding hydrogens is 166 g/mol. The number of amides is 1. The normalized spacial score (nSPS) is 24.6. The Bertz CT molecular complexity index is 170. The second-order valence-electron chi connectivity index (χ2n) is 3.65. The third kappa shape index (κ3) is 2.69. The molecule has 0 spiro atoms. The summed E-state index contributed by atoms with van der Waals surface area (Å²) in [5.41, 5.74) is 0. The van der Waals surface area contributed by atoms with Gasteiger partial charge < -0.3 is 10.0 Å². The first kappa shape index (κ1) is 10.5. The lowest BCUT2D eigenvalue weighted by atomic mass is 10.00. The van der Waals surface area contributed by atoms with E-state index in [2.05, 4.69) is 6.92 Å². The largest absolute Gasteiger partial charge is 0.395 e. The summed E-state index contributed by atoms with van der Waals surface area (Å²) in [4.78, 5) is 13.6. The summed E-state index contributed by atoms with van der Waals surface area (Å²) in [5.74, 6) is 0.447. The van der Waals surface area contributed by atoms with Crippen LogP contribution in [-0.2, 0) is 4.79 Å². The van der Waals surface area contributed by atoms with E-state index in [0.717, 1.165) is 32.2 Å². The molecule has 1 N–H and O–H groups in total. The van der Waals surface area contributed by atoms with Crippen LogP contribution in [0.4, 0.5) is 0 Å². The molecular formula is C10H19NO2. The van der Waals surface area contributed by atoms with Crippen molar-refractivity contribution in [1.82, 2.24) is 4.90 Å². The quantitative estimate of drug-likeness (QED) is 0.713. The predicted octanol–water partition coefficient (Wildman–Crippen LogP) is 1.02. The number of carbonyl (C=O) groups excluding carboxylic acids is 1. The van der Waals surface area contributed by atoms with Gasteiger partial charge in [-0.15, -0.1) is 0 Å². The number of carbonyl (C=O) groups is 1. The number of aliphatic hydroxyl groups is 1. The van der Waals surface area contributed by atoms with Crippen LogP contribution in [0.1, 0.15) is 32.6 Å². The number of nitrogens with zero attached hydrogens (tertiary/aromatic N) is 1. The van der Waals surface area contributed by atoms with E-state index in [1.165, 1.54) is 0 Å². The van der Waals surface area contributed by atoms with Crippen molar-refractivity contribution in [1.29, 1.82) is 0 Å². The number of rotatable bonds is 3. The molecule has 3 nitrogen and oxygen atoms in total. The van der Waals surface area contributed by atoms with E-state index in [-0.39, 0.29) is 18.4 Å². The van der Waals surface area contributed by atoms with Crippen LogP contribution in [0.3, 0.4) is 0 Å². The van der Waals surface area contributed by atoms with E-state index in [0.29, 0.717) is 6.54 Å². The summed E-state index contributed by atoms with van der Waals surface area (Å²) in [5, 5.41) is 8.79. The van der Waals surface area contributed by atoms with Crippen LogP contribution in [-0.4, -0.2) is 35.6 Å². The van der Waals surface area contributed by atoms with Gasteiger partial charge in [-0.1, -0.05) is 13.3 Å². The molecule has 13 heavy (non-hydrogen) atoms. The average molecular weight is 185 g/mol. The maximum absolute atomic E-state index is 11.8. The minimum atomic E-state index is 0.0855. The molecule has 1 aliphatic heterocycles. The van der Waals surface area contributed by atoms with Crippen LogP contribution < -0.4 is 0 Å². The number of aliphatic hydroxyl groups excluding tert-OH is 1. The second-order valence-corrected chi connectivity index (χ2v) is 3.65. The molecule has 1 unspecified atom stereocenters. The zero-order valence-electron chi connectivity index (χ0n) is 8.33. The lowest BCUT2D eigenvalue weighted by molar-refractivity contribution is -0.135. The fraction of sp³-hybridized carbons (Fsp3) is 0.900. The Labute approximate surface area is 79.7 Å². The van der Waals surface area contributed by atoms with E-state index in [9.17, 15) is 4.79 Å². The summed E-state index contributed by atoms with van der Waals surface area (Å²) in [6.45, 7) is 3.48. The van der Waals surface area contributed by atoms with Crippen LogP contribution in [0.25, 0.3) is 0 Å². The van der Waals surface area contributed by atoms with Crippen molar-refractivity contribution in [2.75, 3.05) is 19.7 Å². The van der Waals surface area contributed by atoms with Crippen molar-refractivity contribution < 1.29 is 9.90 Å². The van der Waals surface area contributed by atoms with Crippen molar-refractivity contribution in [3.63, 3.8) is 0 Å². The number of hydrogen-bond acceptors (Lipinski definition) is 2. The van der Waals surface area contributed by atoms with Crippen LogP contribution in [0.5, 0.6) is 0 Å². The van der Waals surface area contributed by atoms with Gasteiger partial charge >= 0.3 is 0 Å². The highest BCUT2D eigenvalue weighted by molar-refractivity contribution is 5.79. The van der Waals surface area contributed by atoms with Crippen LogP contribution >= 0.6 is 0 Å². The monoisotopic (exact) mass is 185 g/mol. The van der Waals surface area contributed by atoms with E-state index < -0.39 is 0 Å². The van der Waals surface area contributed by atoms with Crippen molar-refractivity contribution >= 4 is 5.91 Å². The summed E-state index contributed by atoms with van der Waals surface area (Å²) in [7, 11) is 0. The van der Waals surface area contributed by atoms with Crippen molar-refractivity contribution in [3.8, 4) is 0 Å². The van der Waals surface area contributed by atoms with E-state index >= 15 is 0 Å². The minimum Gasteiger partial charge on any atom is -0.395 e. The minimum absolute atomic E-state index is 0.0855. The van der Waals surface area contributed by atoms with Crippen LogP contribution in [0, 0.1) is 5.92 Å². The number of likely N-dealkylation sites (tertiary alicyclic amines) is 1. The van der Waals surface area contributed by atoms with Gasteiger partial charge in [0.2, 0.25) is 5.91 Å². The first-order valence-corrected chi connectivity index (χ1v) is 5.19. The second kappa shape index (κ2) is 5.22. The van der Waals surface area contributed by atoms with Crippen molar-refractivity contribution in [3.05, 3.63) is 0 Å². The highest BCUT2D eigenvalue weighted by Crippen LogP contribution is 2.19. The molecule has 1 rings (SSSR count). The molecule has 0 radical (unpaired) electrons. The van der Waals surface area contributed by atoms with Crippen LogP contribution in [0.2, 0.25) is 0 Å². The topological polar surface area (TPSA) is 40.5 Å². The van der Waals surface area contributed by atoms with E-state index in [1.807, 2.05) is 0 Å². The van der Waals surface area contributed by atoms with Crippen molar-refractivity contribution in [2.24, 2.45) is 5.92 Å². The molecule has 76 valence electrons. The Hall–Kier alpha value is -0.570. The maximum Gasteiger partial charge on any atom is 0.225 e. The van der Waals surface area contributed by atoms with Gasteiger partial charge in [-0.3, -0.25) is 4.79 Å². The average Bonchev–Trinajstić information content (AvgIpc) is 2.30. The van der Waals surface area contributed by atoms with Gasteiger partial charge in [0, 0.05) is 19.0 Å².